The van der Waals surface area contributed by atoms with Crippen molar-refractivity contribution in [2.45, 2.75) is 25.4 Å². The summed E-state index contributed by atoms with van der Waals surface area (Å²) in [5, 5.41) is 19.9. The van der Waals surface area contributed by atoms with Crippen molar-refractivity contribution in [3.63, 3.8) is 0 Å². The number of aliphatic hydroxyl groups excluding tert-OH is 1. The van der Waals surface area contributed by atoms with Gasteiger partial charge < -0.3 is 5.11 Å². The first-order valence-electron chi connectivity index (χ1n) is 4.47. The van der Waals surface area contributed by atoms with E-state index in [1.807, 2.05) is 0 Å². The van der Waals surface area contributed by atoms with Crippen LogP contribution in [0, 0.1) is 10.1 Å². The summed E-state index contributed by atoms with van der Waals surface area (Å²) < 4.78 is 0. The van der Waals surface area contributed by atoms with Gasteiger partial charge in [0, 0.05) is 18.2 Å². The van der Waals surface area contributed by atoms with Crippen LogP contribution in [0.25, 0.3) is 0 Å². The Balaban J connectivity index is 2.37. The number of hydrogen-bond acceptors (Lipinski definition) is 4. The molecule has 1 aromatic heterocycles. The molecule has 1 aromatic rings. The van der Waals surface area contributed by atoms with Gasteiger partial charge in [-0.15, -0.1) is 0 Å². The molecule has 0 radical (unpaired) electrons. The fraction of sp³-hybridized carbons (Fsp3) is 0.444. The van der Waals surface area contributed by atoms with Crippen molar-refractivity contribution >= 4 is 5.69 Å². The molecule has 1 heterocycles. The third-order valence-corrected chi connectivity index (χ3v) is 2.43. The third kappa shape index (κ3) is 1.58. The molecule has 0 aliphatic heterocycles. The highest BCUT2D eigenvalue weighted by molar-refractivity contribution is 5.35. The van der Waals surface area contributed by atoms with Crippen LogP contribution in [0.4, 0.5) is 5.69 Å². The maximum atomic E-state index is 10.5. The summed E-state index contributed by atoms with van der Waals surface area (Å²) in [5.41, 5.74) is 1.68. The molecule has 1 aliphatic carbocycles. The average Bonchev–Trinajstić information content (AvgIpc) is 2.16. The molecule has 0 saturated carbocycles. The molecule has 2 rings (SSSR count). The summed E-state index contributed by atoms with van der Waals surface area (Å²) >= 11 is 0. The number of aliphatic hydroxyl groups is 1. The van der Waals surface area contributed by atoms with Crippen molar-refractivity contribution in [1.82, 2.24) is 4.98 Å². The van der Waals surface area contributed by atoms with E-state index in [2.05, 4.69) is 4.98 Å². The molecule has 1 atom stereocenters. The van der Waals surface area contributed by atoms with Gasteiger partial charge in [0.25, 0.3) is 5.69 Å². The van der Waals surface area contributed by atoms with Gasteiger partial charge >= 0.3 is 0 Å². The van der Waals surface area contributed by atoms with Crippen LogP contribution in [0.5, 0.6) is 0 Å². The molecular formula is C9H10N2O3. The van der Waals surface area contributed by atoms with E-state index in [1.165, 1.54) is 12.3 Å². The lowest BCUT2D eigenvalue weighted by Gasteiger charge is -2.18. The summed E-state index contributed by atoms with van der Waals surface area (Å²) in [5.74, 6) is 0. The van der Waals surface area contributed by atoms with Gasteiger partial charge in [-0.2, -0.15) is 0 Å². The lowest BCUT2D eigenvalue weighted by atomic mass is 9.94. The van der Waals surface area contributed by atoms with Gasteiger partial charge in [0.2, 0.25) is 0 Å². The quantitative estimate of drug-likeness (QED) is 0.531. The van der Waals surface area contributed by atoms with Crippen molar-refractivity contribution in [2.24, 2.45) is 0 Å². The molecule has 0 saturated heterocycles. The van der Waals surface area contributed by atoms with Crippen molar-refractivity contribution in [2.75, 3.05) is 0 Å². The summed E-state index contributed by atoms with van der Waals surface area (Å²) in [6, 6.07) is 1.50. The third-order valence-electron chi connectivity index (χ3n) is 2.43. The summed E-state index contributed by atoms with van der Waals surface area (Å²) in [4.78, 5) is 14.0. The summed E-state index contributed by atoms with van der Waals surface area (Å²) in [6.07, 6.45) is 2.76. The zero-order valence-corrected chi connectivity index (χ0v) is 7.51. The van der Waals surface area contributed by atoms with Crippen LogP contribution in [-0.4, -0.2) is 21.1 Å². The standard InChI is InChI=1S/C9H10N2O3/c12-8-1-2-9-6(4-8)3-7(5-10-9)11(13)14/h3,5,8,12H,1-2,4H2. The van der Waals surface area contributed by atoms with Crippen molar-refractivity contribution < 1.29 is 10.0 Å². The van der Waals surface area contributed by atoms with Gasteiger partial charge in [-0.1, -0.05) is 0 Å². The predicted molar refractivity (Wildman–Crippen MR) is 48.9 cm³/mol. The average molecular weight is 194 g/mol. The molecule has 5 nitrogen and oxygen atoms in total. The fourth-order valence-corrected chi connectivity index (χ4v) is 1.69. The van der Waals surface area contributed by atoms with Gasteiger partial charge in [0.15, 0.2) is 0 Å². The smallest absolute Gasteiger partial charge is 0.287 e. The highest BCUT2D eigenvalue weighted by Crippen LogP contribution is 2.23. The second kappa shape index (κ2) is 3.34. The Kier molecular flexibility index (Phi) is 2.17. The number of nitrogens with zero attached hydrogens (tertiary/aromatic N) is 2. The van der Waals surface area contributed by atoms with Crippen LogP contribution in [-0.2, 0) is 12.8 Å². The zero-order chi connectivity index (χ0) is 10.1. The topological polar surface area (TPSA) is 76.3 Å². The number of fused-ring (bicyclic) bond motifs is 1. The second-order valence-electron chi connectivity index (χ2n) is 3.45. The van der Waals surface area contributed by atoms with Crippen molar-refractivity contribution in [3.8, 4) is 0 Å². The minimum absolute atomic E-state index is 0.00199. The van der Waals surface area contributed by atoms with E-state index >= 15 is 0 Å². The molecule has 14 heavy (non-hydrogen) atoms. The van der Waals surface area contributed by atoms with Crippen molar-refractivity contribution in [3.05, 3.63) is 33.6 Å². The molecule has 1 aliphatic rings. The molecule has 0 fully saturated rings. The number of nitro groups is 1. The predicted octanol–water partition coefficient (Wildman–Crippen LogP) is 0.839. The molecule has 1 N–H and O–H groups in total. The number of aryl methyl sites for hydroxylation is 1. The van der Waals surface area contributed by atoms with Gasteiger partial charge in [0.05, 0.1) is 11.0 Å². The molecule has 0 spiro atoms. The maximum Gasteiger partial charge on any atom is 0.287 e. The Labute approximate surface area is 80.6 Å². The van der Waals surface area contributed by atoms with Crippen LogP contribution in [0.1, 0.15) is 17.7 Å². The van der Waals surface area contributed by atoms with Crippen molar-refractivity contribution in [1.29, 1.82) is 0 Å². The molecule has 5 heteroatoms. The van der Waals surface area contributed by atoms with Gasteiger partial charge in [0.1, 0.15) is 6.20 Å². The largest absolute Gasteiger partial charge is 0.393 e. The Morgan fingerprint density at radius 1 is 1.64 bits per heavy atom. The molecule has 1 unspecified atom stereocenters. The van der Waals surface area contributed by atoms with Gasteiger partial charge in [-0.25, -0.2) is 0 Å². The summed E-state index contributed by atoms with van der Waals surface area (Å²) in [6.45, 7) is 0. The Morgan fingerprint density at radius 2 is 2.43 bits per heavy atom. The van der Waals surface area contributed by atoms with E-state index in [9.17, 15) is 15.2 Å². The Hall–Kier alpha value is -1.49. The van der Waals surface area contributed by atoms with E-state index in [1.54, 1.807) is 0 Å². The molecule has 74 valence electrons. The van der Waals surface area contributed by atoms with E-state index in [0.717, 1.165) is 11.3 Å². The first-order valence-corrected chi connectivity index (χ1v) is 4.47. The minimum atomic E-state index is -0.464. The summed E-state index contributed by atoms with van der Waals surface area (Å²) in [7, 11) is 0. The van der Waals surface area contributed by atoms with Crippen LogP contribution < -0.4 is 0 Å². The first kappa shape index (κ1) is 9.08. The number of rotatable bonds is 1. The molecule has 0 amide bonds. The molecule has 0 aromatic carbocycles. The number of pyridine rings is 1. The second-order valence-corrected chi connectivity index (χ2v) is 3.45. The van der Waals surface area contributed by atoms with Crippen LogP contribution in [0.15, 0.2) is 12.3 Å². The Bertz CT molecular complexity index is 378. The first-order chi connectivity index (χ1) is 6.66. The maximum absolute atomic E-state index is 10.5. The van der Waals surface area contributed by atoms with Crippen LogP contribution in [0.3, 0.4) is 0 Å². The lowest BCUT2D eigenvalue weighted by Crippen LogP contribution is -2.19. The van der Waals surface area contributed by atoms with E-state index in [4.69, 9.17) is 0 Å². The zero-order valence-electron chi connectivity index (χ0n) is 7.51. The number of aromatic nitrogens is 1. The van der Waals surface area contributed by atoms with Crippen LogP contribution >= 0.6 is 0 Å². The molecular weight excluding hydrogens is 184 g/mol. The van der Waals surface area contributed by atoms with E-state index < -0.39 is 4.92 Å². The highest BCUT2D eigenvalue weighted by atomic mass is 16.6. The molecule has 0 bridgehead atoms. The normalized spacial score (nSPS) is 20.2. The SMILES string of the molecule is O=[N+]([O-])c1cnc2c(c1)CC(O)CC2. The fourth-order valence-electron chi connectivity index (χ4n) is 1.69. The Morgan fingerprint density at radius 3 is 3.14 bits per heavy atom. The minimum Gasteiger partial charge on any atom is -0.393 e. The van der Waals surface area contributed by atoms with E-state index in [-0.39, 0.29) is 11.8 Å². The van der Waals surface area contributed by atoms with Crippen LogP contribution in [0.2, 0.25) is 0 Å². The monoisotopic (exact) mass is 194 g/mol. The lowest BCUT2D eigenvalue weighted by molar-refractivity contribution is -0.385. The van der Waals surface area contributed by atoms with Gasteiger partial charge in [-0.05, 0) is 18.4 Å². The van der Waals surface area contributed by atoms with E-state index in [0.29, 0.717) is 19.3 Å². The number of hydrogen-bond donors (Lipinski definition) is 1. The van der Waals surface area contributed by atoms with Gasteiger partial charge in [-0.3, -0.25) is 15.1 Å². The highest BCUT2D eigenvalue weighted by Gasteiger charge is 2.20.